The molecule has 0 aliphatic carbocycles. The molecule has 1 aromatic carbocycles. The Balaban J connectivity index is 1.68. The second-order valence-corrected chi connectivity index (χ2v) is 7.15. The summed E-state index contributed by atoms with van der Waals surface area (Å²) >= 11 is 0. The Kier molecular flexibility index (Phi) is 7.72. The monoisotopic (exact) mass is 346 g/mol. The van der Waals surface area contributed by atoms with E-state index in [0.717, 1.165) is 45.1 Å². The van der Waals surface area contributed by atoms with Gasteiger partial charge in [-0.15, -0.1) is 0 Å². The molecule has 2 rings (SSSR count). The van der Waals surface area contributed by atoms with Gasteiger partial charge in [0.2, 0.25) is 0 Å². The molecular weight excluding hydrogens is 312 g/mol. The summed E-state index contributed by atoms with van der Waals surface area (Å²) in [6.07, 6.45) is 1.77. The zero-order valence-electron chi connectivity index (χ0n) is 16.4. The Hall–Kier alpha value is -1.59. The Morgan fingerprint density at radius 1 is 1.20 bits per heavy atom. The van der Waals surface area contributed by atoms with E-state index in [0.29, 0.717) is 12.2 Å². The molecule has 140 valence electrons. The summed E-state index contributed by atoms with van der Waals surface area (Å²) in [6.45, 7) is 13.5. The van der Waals surface area contributed by atoms with Gasteiger partial charge in [0.1, 0.15) is 0 Å². The fourth-order valence-corrected chi connectivity index (χ4v) is 3.42. The van der Waals surface area contributed by atoms with Crippen molar-refractivity contribution < 1.29 is 4.74 Å². The average molecular weight is 347 g/mol. The minimum absolute atomic E-state index is 0.337. The summed E-state index contributed by atoms with van der Waals surface area (Å²) in [7, 11) is 1.82. The van der Waals surface area contributed by atoms with E-state index >= 15 is 0 Å². The quantitative estimate of drug-likeness (QED) is 0.472. The van der Waals surface area contributed by atoms with Crippen LogP contribution in [0.25, 0.3) is 0 Å². The van der Waals surface area contributed by atoms with E-state index in [2.05, 4.69) is 66.4 Å². The van der Waals surface area contributed by atoms with E-state index in [1.165, 1.54) is 16.7 Å². The molecule has 0 saturated carbocycles. The van der Waals surface area contributed by atoms with Crippen molar-refractivity contribution in [2.45, 2.75) is 52.9 Å². The van der Waals surface area contributed by atoms with Gasteiger partial charge in [0, 0.05) is 39.8 Å². The number of hydrogen-bond acceptors (Lipinski definition) is 3. The minimum atomic E-state index is 0.337. The standard InChI is InChI=1S/C20H34N4O/c1-15-7-8-19(16(2)11-15)12-23-20(21-5)22-9-6-10-24-13-17(3)25-18(4)14-24/h7-8,11,17-18H,6,9-10,12-14H2,1-5H3,(H2,21,22,23). The molecule has 1 aliphatic heterocycles. The SMILES string of the molecule is CN=C(NCCCN1CC(C)OC(C)C1)NCc1ccc(C)cc1C. The number of ether oxygens (including phenoxy) is 1. The van der Waals surface area contributed by atoms with Gasteiger partial charge in [0.15, 0.2) is 5.96 Å². The van der Waals surface area contributed by atoms with Crippen molar-refractivity contribution >= 4 is 5.96 Å². The molecule has 25 heavy (non-hydrogen) atoms. The number of aryl methyl sites for hydroxylation is 2. The summed E-state index contributed by atoms with van der Waals surface area (Å²) in [5.41, 5.74) is 3.93. The largest absolute Gasteiger partial charge is 0.373 e. The first-order valence-corrected chi connectivity index (χ1v) is 9.36. The molecule has 0 amide bonds. The van der Waals surface area contributed by atoms with Crippen LogP contribution in [0.3, 0.4) is 0 Å². The third-order valence-electron chi connectivity index (χ3n) is 4.61. The summed E-state index contributed by atoms with van der Waals surface area (Å²) in [6, 6.07) is 6.56. The van der Waals surface area contributed by atoms with E-state index in [4.69, 9.17) is 4.74 Å². The molecule has 5 heteroatoms. The first kappa shape index (κ1) is 19.7. The Morgan fingerprint density at radius 3 is 2.56 bits per heavy atom. The molecule has 1 heterocycles. The number of guanidine groups is 1. The van der Waals surface area contributed by atoms with E-state index in [9.17, 15) is 0 Å². The minimum Gasteiger partial charge on any atom is -0.373 e. The van der Waals surface area contributed by atoms with Crippen LogP contribution in [0.4, 0.5) is 0 Å². The highest BCUT2D eigenvalue weighted by molar-refractivity contribution is 5.79. The van der Waals surface area contributed by atoms with Crippen LogP contribution in [-0.4, -0.2) is 56.3 Å². The molecule has 1 aromatic rings. The van der Waals surface area contributed by atoms with Crippen LogP contribution in [0.1, 0.15) is 37.0 Å². The maximum absolute atomic E-state index is 5.78. The Labute approximate surface area is 152 Å². The molecule has 5 nitrogen and oxygen atoms in total. The molecule has 0 spiro atoms. The Bertz CT molecular complexity index is 563. The molecule has 1 fully saturated rings. The molecule has 2 atom stereocenters. The number of morpholine rings is 1. The first-order valence-electron chi connectivity index (χ1n) is 9.36. The van der Waals surface area contributed by atoms with Gasteiger partial charge in [-0.2, -0.15) is 0 Å². The smallest absolute Gasteiger partial charge is 0.191 e. The van der Waals surface area contributed by atoms with Gasteiger partial charge in [-0.25, -0.2) is 0 Å². The van der Waals surface area contributed by atoms with Crippen molar-refractivity contribution in [3.05, 3.63) is 34.9 Å². The van der Waals surface area contributed by atoms with Crippen molar-refractivity contribution in [3.63, 3.8) is 0 Å². The summed E-state index contributed by atoms with van der Waals surface area (Å²) in [5.74, 6) is 0.865. The fraction of sp³-hybridized carbons (Fsp3) is 0.650. The summed E-state index contributed by atoms with van der Waals surface area (Å²) in [5, 5.41) is 6.82. The van der Waals surface area contributed by atoms with Crippen molar-refractivity contribution in [1.29, 1.82) is 0 Å². The van der Waals surface area contributed by atoms with Crippen LogP contribution in [0.5, 0.6) is 0 Å². The number of benzene rings is 1. The highest BCUT2D eigenvalue weighted by Crippen LogP contribution is 2.11. The van der Waals surface area contributed by atoms with Crippen molar-refractivity contribution in [2.75, 3.05) is 33.2 Å². The zero-order chi connectivity index (χ0) is 18.2. The van der Waals surface area contributed by atoms with E-state index in [1.807, 2.05) is 7.05 Å². The Morgan fingerprint density at radius 2 is 1.92 bits per heavy atom. The lowest BCUT2D eigenvalue weighted by Crippen LogP contribution is -2.46. The highest BCUT2D eigenvalue weighted by atomic mass is 16.5. The number of nitrogens with one attached hydrogen (secondary N) is 2. The third-order valence-corrected chi connectivity index (χ3v) is 4.61. The molecule has 0 radical (unpaired) electrons. The van der Waals surface area contributed by atoms with Gasteiger partial charge >= 0.3 is 0 Å². The lowest BCUT2D eigenvalue weighted by molar-refractivity contribution is -0.0679. The molecular formula is C20H34N4O. The number of aliphatic imine (C=N–C) groups is 1. The maximum Gasteiger partial charge on any atom is 0.191 e. The fourth-order valence-electron chi connectivity index (χ4n) is 3.42. The van der Waals surface area contributed by atoms with Gasteiger partial charge < -0.3 is 15.4 Å². The molecule has 0 aromatic heterocycles. The van der Waals surface area contributed by atoms with Crippen molar-refractivity contribution in [1.82, 2.24) is 15.5 Å². The van der Waals surface area contributed by atoms with Gasteiger partial charge in [-0.05, 0) is 45.2 Å². The first-order chi connectivity index (χ1) is 12.0. The number of rotatable bonds is 6. The molecule has 0 bridgehead atoms. The van der Waals surface area contributed by atoms with Crippen LogP contribution >= 0.6 is 0 Å². The number of hydrogen-bond donors (Lipinski definition) is 2. The van der Waals surface area contributed by atoms with Crippen molar-refractivity contribution in [3.8, 4) is 0 Å². The highest BCUT2D eigenvalue weighted by Gasteiger charge is 2.21. The second kappa shape index (κ2) is 9.78. The maximum atomic E-state index is 5.78. The van der Waals surface area contributed by atoms with E-state index in [1.54, 1.807) is 0 Å². The summed E-state index contributed by atoms with van der Waals surface area (Å²) < 4.78 is 5.78. The molecule has 2 N–H and O–H groups in total. The van der Waals surface area contributed by atoms with Gasteiger partial charge in [0.25, 0.3) is 0 Å². The normalized spacial score (nSPS) is 22.0. The second-order valence-electron chi connectivity index (χ2n) is 7.15. The zero-order valence-corrected chi connectivity index (χ0v) is 16.4. The van der Waals surface area contributed by atoms with Gasteiger partial charge in [-0.1, -0.05) is 23.8 Å². The number of nitrogens with zero attached hydrogens (tertiary/aromatic N) is 2. The van der Waals surface area contributed by atoms with E-state index in [-0.39, 0.29) is 0 Å². The molecule has 1 saturated heterocycles. The van der Waals surface area contributed by atoms with Gasteiger partial charge in [-0.3, -0.25) is 9.89 Å². The van der Waals surface area contributed by atoms with Crippen LogP contribution in [0.2, 0.25) is 0 Å². The van der Waals surface area contributed by atoms with E-state index < -0.39 is 0 Å². The summed E-state index contributed by atoms with van der Waals surface area (Å²) in [4.78, 5) is 6.81. The third kappa shape index (κ3) is 6.67. The lowest BCUT2D eigenvalue weighted by Gasteiger charge is -2.35. The lowest BCUT2D eigenvalue weighted by atomic mass is 10.1. The van der Waals surface area contributed by atoms with Crippen molar-refractivity contribution in [2.24, 2.45) is 4.99 Å². The van der Waals surface area contributed by atoms with Crippen LogP contribution < -0.4 is 10.6 Å². The van der Waals surface area contributed by atoms with Gasteiger partial charge in [0.05, 0.1) is 12.2 Å². The molecule has 1 aliphatic rings. The van der Waals surface area contributed by atoms with Crippen LogP contribution in [0.15, 0.2) is 23.2 Å². The van der Waals surface area contributed by atoms with Crippen LogP contribution in [0, 0.1) is 13.8 Å². The topological polar surface area (TPSA) is 48.9 Å². The average Bonchev–Trinajstić information content (AvgIpc) is 2.54. The predicted molar refractivity (Wildman–Crippen MR) is 105 cm³/mol. The molecule has 2 unspecified atom stereocenters. The predicted octanol–water partition coefficient (Wildman–Crippen LogP) is 2.47. The van der Waals surface area contributed by atoms with Crippen LogP contribution in [-0.2, 0) is 11.3 Å².